The number of sulfonamides is 1. The van der Waals surface area contributed by atoms with E-state index in [4.69, 9.17) is 23.2 Å². The number of hydrogen-bond donors (Lipinski definition) is 2. The van der Waals surface area contributed by atoms with Gasteiger partial charge in [0, 0.05) is 11.1 Å². The molecule has 2 N–H and O–H groups in total. The summed E-state index contributed by atoms with van der Waals surface area (Å²) >= 11 is 11.8. The van der Waals surface area contributed by atoms with Gasteiger partial charge in [0.05, 0.1) is 11.6 Å². The van der Waals surface area contributed by atoms with Gasteiger partial charge in [0.15, 0.2) is 0 Å². The summed E-state index contributed by atoms with van der Waals surface area (Å²) in [5.74, 6) is -0.0352. The maximum absolute atomic E-state index is 12.2. The molecule has 0 aliphatic carbocycles. The maximum Gasteiger partial charge on any atom is 0.242 e. The molecule has 7 heteroatoms. The number of hydrogen-bond acceptors (Lipinski definition) is 3. The summed E-state index contributed by atoms with van der Waals surface area (Å²) in [4.78, 5) is -0.0323. The van der Waals surface area contributed by atoms with Gasteiger partial charge in [0.2, 0.25) is 10.0 Å². The van der Waals surface area contributed by atoms with Gasteiger partial charge in [-0.25, -0.2) is 13.1 Å². The Hall–Kier alpha value is -0.330. The molecule has 19 heavy (non-hydrogen) atoms. The zero-order chi connectivity index (χ0) is 14.8. The van der Waals surface area contributed by atoms with Crippen LogP contribution < -0.4 is 4.72 Å². The van der Waals surface area contributed by atoms with Crippen molar-refractivity contribution in [3.05, 3.63) is 27.7 Å². The monoisotopic (exact) mass is 325 g/mol. The summed E-state index contributed by atoms with van der Waals surface area (Å²) in [5.41, 5.74) is 0.622. The van der Waals surface area contributed by atoms with Crippen LogP contribution in [0.25, 0.3) is 0 Å². The lowest BCUT2D eigenvalue weighted by atomic mass is 10.1. The van der Waals surface area contributed by atoms with Crippen LogP contribution in [-0.4, -0.2) is 26.2 Å². The summed E-state index contributed by atoms with van der Waals surface area (Å²) in [7, 11) is -3.79. The average molecular weight is 326 g/mol. The molecular formula is C12H17Cl2NO3S. The van der Waals surface area contributed by atoms with Crippen LogP contribution in [0, 0.1) is 12.8 Å². The fourth-order valence-electron chi connectivity index (χ4n) is 1.48. The minimum absolute atomic E-state index is 0.0323. The Labute approximate surface area is 123 Å². The molecule has 0 aliphatic heterocycles. The van der Waals surface area contributed by atoms with Crippen molar-refractivity contribution in [1.29, 1.82) is 0 Å². The van der Waals surface area contributed by atoms with Crippen molar-refractivity contribution in [1.82, 2.24) is 4.72 Å². The van der Waals surface area contributed by atoms with Crippen LogP contribution in [0.3, 0.4) is 0 Å². The van der Waals surface area contributed by atoms with Gasteiger partial charge in [-0.15, -0.1) is 0 Å². The van der Waals surface area contributed by atoms with E-state index in [-0.39, 0.29) is 22.4 Å². The normalized spacial score (nSPS) is 13.8. The molecular weight excluding hydrogens is 309 g/mol. The van der Waals surface area contributed by atoms with Gasteiger partial charge in [-0.2, -0.15) is 0 Å². The number of aliphatic hydroxyl groups is 1. The second-order valence-corrected chi connectivity index (χ2v) is 7.18. The first kappa shape index (κ1) is 16.7. The fraction of sp³-hybridized carbons (Fsp3) is 0.500. The third-order valence-corrected chi connectivity index (χ3v) is 5.17. The highest BCUT2D eigenvalue weighted by Gasteiger charge is 2.24. The minimum Gasteiger partial charge on any atom is -0.395 e. The van der Waals surface area contributed by atoms with E-state index in [0.29, 0.717) is 10.6 Å². The van der Waals surface area contributed by atoms with E-state index in [0.717, 1.165) is 0 Å². The number of benzene rings is 1. The summed E-state index contributed by atoms with van der Waals surface area (Å²) in [6.45, 7) is 5.06. The van der Waals surface area contributed by atoms with Crippen molar-refractivity contribution >= 4 is 33.2 Å². The van der Waals surface area contributed by atoms with Crippen molar-refractivity contribution in [2.45, 2.75) is 31.7 Å². The van der Waals surface area contributed by atoms with Crippen LogP contribution >= 0.6 is 23.2 Å². The molecule has 1 rings (SSSR count). The largest absolute Gasteiger partial charge is 0.395 e. The van der Waals surface area contributed by atoms with Crippen LogP contribution in [0.1, 0.15) is 19.4 Å². The Kier molecular flexibility index (Phi) is 5.65. The molecule has 108 valence electrons. The van der Waals surface area contributed by atoms with E-state index in [1.165, 1.54) is 12.1 Å². The average Bonchev–Trinajstić information content (AvgIpc) is 2.30. The number of rotatable bonds is 5. The van der Waals surface area contributed by atoms with E-state index in [1.807, 2.05) is 13.8 Å². The maximum atomic E-state index is 12.2. The van der Waals surface area contributed by atoms with E-state index in [2.05, 4.69) is 4.72 Å². The zero-order valence-electron chi connectivity index (χ0n) is 10.9. The molecule has 0 aromatic heterocycles. The summed E-state index contributed by atoms with van der Waals surface area (Å²) in [5, 5.41) is 9.66. The molecule has 1 unspecified atom stereocenters. The Balaban J connectivity index is 3.17. The molecule has 1 atom stereocenters. The smallest absolute Gasteiger partial charge is 0.242 e. The van der Waals surface area contributed by atoms with E-state index in [9.17, 15) is 13.5 Å². The van der Waals surface area contributed by atoms with Gasteiger partial charge < -0.3 is 5.11 Å². The van der Waals surface area contributed by atoms with E-state index >= 15 is 0 Å². The van der Waals surface area contributed by atoms with Crippen molar-refractivity contribution in [3.63, 3.8) is 0 Å². The van der Waals surface area contributed by atoms with E-state index in [1.54, 1.807) is 6.92 Å². The first-order valence-electron chi connectivity index (χ1n) is 5.78. The Morgan fingerprint density at radius 1 is 1.26 bits per heavy atom. The van der Waals surface area contributed by atoms with E-state index < -0.39 is 16.1 Å². The Morgan fingerprint density at radius 3 is 2.32 bits per heavy atom. The lowest BCUT2D eigenvalue weighted by molar-refractivity contribution is 0.227. The molecule has 1 aromatic carbocycles. The molecule has 0 aliphatic rings. The molecule has 1 aromatic rings. The van der Waals surface area contributed by atoms with Gasteiger partial charge >= 0.3 is 0 Å². The van der Waals surface area contributed by atoms with Crippen molar-refractivity contribution in [3.8, 4) is 0 Å². The predicted octanol–water partition coefficient (Wildman–Crippen LogP) is 2.60. The standard InChI is InChI=1S/C12H17Cl2NO3S/c1-7(2)11(6-16)15-19(17,18)12-4-8(3)9(13)5-10(12)14/h4-5,7,11,15-16H,6H2,1-3H3. The van der Waals surface area contributed by atoms with Gasteiger partial charge in [-0.05, 0) is 30.5 Å². The lowest BCUT2D eigenvalue weighted by Crippen LogP contribution is -2.41. The first-order valence-corrected chi connectivity index (χ1v) is 8.01. The topological polar surface area (TPSA) is 66.4 Å². The third kappa shape index (κ3) is 4.07. The van der Waals surface area contributed by atoms with Crippen LogP contribution in [-0.2, 0) is 10.0 Å². The number of halogens is 2. The lowest BCUT2D eigenvalue weighted by Gasteiger charge is -2.20. The summed E-state index contributed by atoms with van der Waals surface area (Å²) in [6, 6.07) is 2.26. The van der Waals surface area contributed by atoms with Crippen molar-refractivity contribution in [2.75, 3.05) is 6.61 Å². The molecule has 0 spiro atoms. The van der Waals surface area contributed by atoms with Gasteiger partial charge in [-0.1, -0.05) is 37.0 Å². The molecule has 0 amide bonds. The van der Waals surface area contributed by atoms with Crippen molar-refractivity contribution < 1.29 is 13.5 Å². The number of nitrogens with one attached hydrogen (secondary N) is 1. The highest BCUT2D eigenvalue weighted by molar-refractivity contribution is 7.89. The second-order valence-electron chi connectivity index (χ2n) is 4.69. The van der Waals surface area contributed by atoms with Crippen LogP contribution in [0.15, 0.2) is 17.0 Å². The number of aryl methyl sites for hydroxylation is 1. The Bertz CT molecular complexity index is 558. The van der Waals surface area contributed by atoms with Gasteiger partial charge in [-0.3, -0.25) is 0 Å². The SMILES string of the molecule is Cc1cc(S(=O)(=O)NC(CO)C(C)C)c(Cl)cc1Cl. The Morgan fingerprint density at radius 2 is 1.84 bits per heavy atom. The van der Waals surface area contributed by atoms with Gasteiger partial charge in [0.25, 0.3) is 0 Å². The predicted molar refractivity (Wildman–Crippen MR) is 77.2 cm³/mol. The van der Waals surface area contributed by atoms with Crippen molar-refractivity contribution in [2.24, 2.45) is 5.92 Å². The molecule has 0 saturated heterocycles. The summed E-state index contributed by atoms with van der Waals surface area (Å²) in [6.07, 6.45) is 0. The molecule has 0 bridgehead atoms. The third-order valence-electron chi connectivity index (χ3n) is 2.81. The van der Waals surface area contributed by atoms with Crippen LogP contribution in [0.5, 0.6) is 0 Å². The minimum atomic E-state index is -3.79. The molecule has 0 radical (unpaired) electrons. The van der Waals surface area contributed by atoms with Crippen LogP contribution in [0.4, 0.5) is 0 Å². The molecule has 0 saturated carbocycles. The second kappa shape index (κ2) is 6.41. The number of aliphatic hydroxyl groups excluding tert-OH is 1. The molecule has 0 fully saturated rings. The quantitative estimate of drug-likeness (QED) is 0.874. The zero-order valence-corrected chi connectivity index (χ0v) is 13.3. The summed E-state index contributed by atoms with van der Waals surface area (Å²) < 4.78 is 26.9. The fourth-order valence-corrected chi connectivity index (χ4v) is 3.69. The van der Waals surface area contributed by atoms with Crippen LogP contribution in [0.2, 0.25) is 10.0 Å². The molecule has 0 heterocycles. The molecule has 4 nitrogen and oxygen atoms in total. The highest BCUT2D eigenvalue weighted by atomic mass is 35.5. The highest BCUT2D eigenvalue weighted by Crippen LogP contribution is 2.28. The first-order chi connectivity index (χ1) is 8.69. The van der Waals surface area contributed by atoms with Gasteiger partial charge in [0.1, 0.15) is 4.90 Å².